The smallest absolute Gasteiger partial charge is 0.286 e. The predicted octanol–water partition coefficient (Wildman–Crippen LogP) is 4.62. The van der Waals surface area contributed by atoms with Gasteiger partial charge < -0.3 is 9.64 Å². The molecule has 3 aliphatic heterocycles. The minimum atomic E-state index is -0.244. The Labute approximate surface area is 178 Å². The second-order valence-electron chi connectivity index (χ2n) is 7.53. The van der Waals surface area contributed by atoms with Crippen molar-refractivity contribution in [1.29, 1.82) is 0 Å². The van der Waals surface area contributed by atoms with Gasteiger partial charge in [0.15, 0.2) is 5.17 Å². The highest BCUT2D eigenvalue weighted by Crippen LogP contribution is 2.44. The number of hydrogen-bond acceptors (Lipinski definition) is 5. The number of halogens is 1. The van der Waals surface area contributed by atoms with E-state index in [1.807, 2.05) is 43.5 Å². The zero-order chi connectivity index (χ0) is 20.0. The van der Waals surface area contributed by atoms with E-state index < -0.39 is 0 Å². The number of pyridine rings is 1. The van der Waals surface area contributed by atoms with E-state index in [0.29, 0.717) is 16.5 Å². The standard InChI is InChI=1S/C22H20ClN3O2S/c1-14(15-4-6-16(23)7-5-15)19-20(27)25-21(29-19)26-11-8-22(9-12-26)17-3-2-10-24-18(17)13-28-22/h2-7,10H,8-9,11-13H2,1H3/b19-14-. The van der Waals surface area contributed by atoms with Crippen LogP contribution in [0.25, 0.3) is 5.57 Å². The molecular formula is C22H20ClN3O2S. The van der Waals surface area contributed by atoms with Gasteiger partial charge in [-0.15, -0.1) is 0 Å². The van der Waals surface area contributed by atoms with Crippen molar-refractivity contribution in [3.63, 3.8) is 0 Å². The zero-order valence-electron chi connectivity index (χ0n) is 16.0. The number of fused-ring (bicyclic) bond motifs is 2. The number of carbonyl (C=O) groups excluding carboxylic acids is 1. The van der Waals surface area contributed by atoms with E-state index in [1.165, 1.54) is 17.3 Å². The van der Waals surface area contributed by atoms with Crippen LogP contribution in [0.1, 0.15) is 36.6 Å². The second-order valence-corrected chi connectivity index (χ2v) is 8.94. The fraction of sp³-hybridized carbons (Fsp3) is 0.318. The third kappa shape index (κ3) is 3.29. The van der Waals surface area contributed by atoms with Crippen molar-refractivity contribution >= 4 is 40.0 Å². The number of piperidine rings is 1. The number of ether oxygens (including phenoxy) is 1. The normalized spacial score (nSPS) is 22.1. The third-order valence-electron chi connectivity index (χ3n) is 5.91. The lowest BCUT2D eigenvalue weighted by Crippen LogP contribution is -2.44. The molecule has 7 heteroatoms. The summed E-state index contributed by atoms with van der Waals surface area (Å²) in [5, 5.41) is 1.47. The molecule has 0 saturated carbocycles. The number of benzene rings is 1. The number of aliphatic imine (C=N–C) groups is 1. The van der Waals surface area contributed by atoms with Crippen molar-refractivity contribution in [2.75, 3.05) is 13.1 Å². The Morgan fingerprint density at radius 1 is 1.21 bits per heavy atom. The van der Waals surface area contributed by atoms with Crippen LogP contribution in [0.3, 0.4) is 0 Å². The van der Waals surface area contributed by atoms with Crippen LogP contribution in [0, 0.1) is 0 Å². The molecular weight excluding hydrogens is 406 g/mol. The van der Waals surface area contributed by atoms with Crippen LogP contribution in [0.4, 0.5) is 0 Å². The molecule has 5 rings (SSSR count). The summed E-state index contributed by atoms with van der Waals surface area (Å²) in [6.07, 6.45) is 3.56. The van der Waals surface area contributed by atoms with E-state index in [0.717, 1.165) is 47.9 Å². The van der Waals surface area contributed by atoms with Gasteiger partial charge in [-0.1, -0.05) is 29.8 Å². The Balaban J connectivity index is 1.31. The number of amidine groups is 1. The second kappa shape index (κ2) is 7.27. The van der Waals surface area contributed by atoms with Crippen LogP contribution < -0.4 is 0 Å². The third-order valence-corrected chi connectivity index (χ3v) is 7.38. The number of likely N-dealkylation sites (tertiary alicyclic amines) is 1. The Hall–Kier alpha value is -2.15. The average molecular weight is 426 g/mol. The van der Waals surface area contributed by atoms with Gasteiger partial charge in [0.2, 0.25) is 0 Å². The molecule has 1 amide bonds. The summed E-state index contributed by atoms with van der Waals surface area (Å²) in [6.45, 7) is 4.16. The van der Waals surface area contributed by atoms with Crippen LogP contribution in [0.5, 0.6) is 0 Å². The SMILES string of the molecule is C/C(=C1/SC(N2CCC3(CC2)OCc2ncccc23)=NC1=O)c1ccc(Cl)cc1. The lowest BCUT2D eigenvalue weighted by atomic mass is 9.85. The molecule has 4 heterocycles. The molecule has 1 aromatic heterocycles. The first kappa shape index (κ1) is 18.9. The maximum atomic E-state index is 12.6. The van der Waals surface area contributed by atoms with Gasteiger partial charge in [-0.05, 0) is 60.9 Å². The van der Waals surface area contributed by atoms with Crippen LogP contribution in [0.15, 0.2) is 52.5 Å². The lowest BCUT2D eigenvalue weighted by molar-refractivity contribution is -0.113. The van der Waals surface area contributed by atoms with Crippen molar-refractivity contribution in [2.24, 2.45) is 4.99 Å². The van der Waals surface area contributed by atoms with Gasteiger partial charge >= 0.3 is 0 Å². The predicted molar refractivity (Wildman–Crippen MR) is 116 cm³/mol. The number of hydrogen-bond donors (Lipinski definition) is 0. The zero-order valence-corrected chi connectivity index (χ0v) is 17.6. The van der Waals surface area contributed by atoms with Gasteiger partial charge in [0.25, 0.3) is 5.91 Å². The molecule has 148 valence electrons. The fourth-order valence-electron chi connectivity index (χ4n) is 4.22. The van der Waals surface area contributed by atoms with Crippen molar-refractivity contribution in [3.8, 4) is 0 Å². The molecule has 0 unspecified atom stereocenters. The van der Waals surface area contributed by atoms with E-state index in [9.17, 15) is 4.79 Å². The van der Waals surface area contributed by atoms with Gasteiger partial charge in [-0.3, -0.25) is 9.78 Å². The van der Waals surface area contributed by atoms with Crippen molar-refractivity contribution in [2.45, 2.75) is 32.0 Å². The van der Waals surface area contributed by atoms with E-state index >= 15 is 0 Å². The van der Waals surface area contributed by atoms with Gasteiger partial charge in [0, 0.05) is 29.9 Å². The molecule has 0 radical (unpaired) electrons. The van der Waals surface area contributed by atoms with Gasteiger partial charge in [-0.2, -0.15) is 4.99 Å². The van der Waals surface area contributed by atoms with Crippen molar-refractivity contribution < 1.29 is 9.53 Å². The number of aromatic nitrogens is 1. The highest BCUT2D eigenvalue weighted by atomic mass is 35.5. The van der Waals surface area contributed by atoms with Crippen molar-refractivity contribution in [3.05, 3.63) is 69.3 Å². The largest absolute Gasteiger partial charge is 0.364 e. The summed E-state index contributed by atoms with van der Waals surface area (Å²) in [5.41, 5.74) is 3.94. The van der Waals surface area contributed by atoms with Gasteiger partial charge in [-0.25, -0.2) is 0 Å². The lowest BCUT2D eigenvalue weighted by Gasteiger charge is -2.39. The number of amides is 1. The number of allylic oxidation sites excluding steroid dienone is 1. The molecule has 0 N–H and O–H groups in total. The molecule has 5 nitrogen and oxygen atoms in total. The van der Waals surface area contributed by atoms with Gasteiger partial charge in [0.05, 0.1) is 22.8 Å². The van der Waals surface area contributed by atoms with E-state index in [1.54, 1.807) is 0 Å². The topological polar surface area (TPSA) is 54.8 Å². The quantitative estimate of drug-likeness (QED) is 0.624. The molecule has 1 saturated heterocycles. The molecule has 1 fully saturated rings. The average Bonchev–Trinajstić information content (AvgIpc) is 3.30. The summed E-state index contributed by atoms with van der Waals surface area (Å²) in [5.74, 6) is -0.163. The molecule has 3 aliphatic rings. The van der Waals surface area contributed by atoms with Crippen molar-refractivity contribution in [1.82, 2.24) is 9.88 Å². The maximum Gasteiger partial charge on any atom is 0.286 e. The number of thioether (sulfide) groups is 1. The Morgan fingerprint density at radius 2 is 1.97 bits per heavy atom. The molecule has 2 aromatic rings. The number of carbonyl (C=O) groups is 1. The molecule has 0 bridgehead atoms. The molecule has 0 aliphatic carbocycles. The van der Waals surface area contributed by atoms with Crippen LogP contribution in [0.2, 0.25) is 5.02 Å². The summed E-state index contributed by atoms with van der Waals surface area (Å²) >= 11 is 7.45. The molecule has 1 spiro atoms. The van der Waals surface area contributed by atoms with Gasteiger partial charge in [0.1, 0.15) is 0 Å². The summed E-state index contributed by atoms with van der Waals surface area (Å²) in [6, 6.07) is 11.7. The summed E-state index contributed by atoms with van der Waals surface area (Å²) in [4.78, 5) is 24.3. The Bertz CT molecular complexity index is 1040. The molecule has 0 atom stereocenters. The van der Waals surface area contributed by atoms with Crippen LogP contribution in [-0.2, 0) is 21.7 Å². The highest BCUT2D eigenvalue weighted by Gasteiger charge is 2.44. The Kier molecular flexibility index (Phi) is 4.73. The Morgan fingerprint density at radius 3 is 2.72 bits per heavy atom. The monoisotopic (exact) mass is 425 g/mol. The van der Waals surface area contributed by atoms with E-state index in [2.05, 4.69) is 20.9 Å². The van der Waals surface area contributed by atoms with Crippen LogP contribution >= 0.6 is 23.4 Å². The minimum absolute atomic E-state index is 0.163. The van der Waals surface area contributed by atoms with E-state index in [-0.39, 0.29) is 11.5 Å². The first-order chi connectivity index (χ1) is 14.1. The summed E-state index contributed by atoms with van der Waals surface area (Å²) in [7, 11) is 0. The number of nitrogens with zero attached hydrogens (tertiary/aromatic N) is 3. The maximum absolute atomic E-state index is 12.6. The fourth-order valence-corrected chi connectivity index (χ4v) is 5.38. The highest BCUT2D eigenvalue weighted by molar-refractivity contribution is 8.18. The molecule has 1 aromatic carbocycles. The molecule has 29 heavy (non-hydrogen) atoms. The van der Waals surface area contributed by atoms with Crippen LogP contribution in [-0.4, -0.2) is 34.0 Å². The summed E-state index contributed by atoms with van der Waals surface area (Å²) < 4.78 is 6.19. The van der Waals surface area contributed by atoms with E-state index in [4.69, 9.17) is 16.3 Å². The first-order valence-electron chi connectivity index (χ1n) is 9.67. The minimum Gasteiger partial charge on any atom is -0.364 e. The number of rotatable bonds is 1. The first-order valence-corrected chi connectivity index (χ1v) is 10.9.